The van der Waals surface area contributed by atoms with Gasteiger partial charge < -0.3 is 5.73 Å². The molecule has 0 radical (unpaired) electrons. The van der Waals surface area contributed by atoms with Crippen LogP contribution in [-0.2, 0) is 0 Å². The molecular weight excluding hydrogens is 208 g/mol. The topological polar surface area (TPSA) is 56.0 Å². The first-order chi connectivity index (χ1) is 5.13. The lowest BCUT2D eigenvalue weighted by atomic mass is 10.1. The summed E-state index contributed by atoms with van der Waals surface area (Å²) >= 11 is 3.14. The third kappa shape index (κ3) is 1.57. The Hall–Kier alpha value is -0.900. The highest BCUT2D eigenvalue weighted by Gasteiger charge is 2.08. The van der Waals surface area contributed by atoms with Crippen LogP contribution in [0.15, 0.2) is 16.9 Å². The Morgan fingerprint density at radius 3 is 2.73 bits per heavy atom. The molecule has 0 bridgehead atoms. The van der Waals surface area contributed by atoms with Crippen LogP contribution >= 0.6 is 15.9 Å². The fourth-order valence-electron chi connectivity index (χ4n) is 0.821. The number of nitrogens with zero attached hydrogens (tertiary/aromatic N) is 1. The number of amides is 1. The van der Waals surface area contributed by atoms with Crippen molar-refractivity contribution in [1.29, 1.82) is 0 Å². The monoisotopic (exact) mass is 214 g/mol. The first-order valence-electron chi connectivity index (χ1n) is 3.04. The van der Waals surface area contributed by atoms with Gasteiger partial charge in [-0.3, -0.25) is 4.79 Å². The lowest BCUT2D eigenvalue weighted by Gasteiger charge is -2.01. The maximum Gasteiger partial charge on any atom is 0.251 e. The number of halogens is 1. The molecule has 0 spiro atoms. The van der Waals surface area contributed by atoms with Crippen LogP contribution in [0.5, 0.6) is 0 Å². The molecule has 1 aromatic rings. The summed E-state index contributed by atoms with van der Waals surface area (Å²) in [5.41, 5.74) is 6.39. The number of primary amides is 1. The van der Waals surface area contributed by atoms with Gasteiger partial charge in [0, 0.05) is 6.20 Å². The summed E-state index contributed by atoms with van der Waals surface area (Å²) in [7, 11) is 0. The third-order valence-corrected chi connectivity index (χ3v) is 1.96. The van der Waals surface area contributed by atoms with E-state index < -0.39 is 5.91 Å². The lowest BCUT2D eigenvalue weighted by molar-refractivity contribution is 0.0998. The minimum atomic E-state index is -0.456. The molecule has 1 rings (SSSR count). The van der Waals surface area contributed by atoms with E-state index in [4.69, 9.17) is 5.73 Å². The smallest absolute Gasteiger partial charge is 0.251 e. The Kier molecular flexibility index (Phi) is 2.24. The highest BCUT2D eigenvalue weighted by atomic mass is 79.9. The zero-order valence-electron chi connectivity index (χ0n) is 5.97. The van der Waals surface area contributed by atoms with E-state index in [0.29, 0.717) is 10.2 Å². The molecule has 2 N–H and O–H groups in total. The van der Waals surface area contributed by atoms with Gasteiger partial charge in [-0.05, 0) is 34.5 Å². The van der Waals surface area contributed by atoms with Crippen LogP contribution in [-0.4, -0.2) is 10.9 Å². The van der Waals surface area contributed by atoms with E-state index in [0.717, 1.165) is 5.56 Å². The molecule has 0 aromatic carbocycles. The Bertz CT molecular complexity index is 278. The lowest BCUT2D eigenvalue weighted by Crippen LogP contribution is -2.13. The number of hydrogen-bond acceptors (Lipinski definition) is 2. The van der Waals surface area contributed by atoms with Gasteiger partial charge in [0.05, 0.1) is 5.56 Å². The molecule has 1 heterocycles. The molecule has 1 aromatic heterocycles. The second-order valence-corrected chi connectivity index (χ2v) is 2.91. The summed E-state index contributed by atoms with van der Waals surface area (Å²) in [6, 6.07) is 1.74. The Morgan fingerprint density at radius 1 is 1.73 bits per heavy atom. The highest BCUT2D eigenvalue weighted by molar-refractivity contribution is 9.10. The SMILES string of the molecule is Cc1ccnc(Br)c1C(N)=O. The number of carbonyl (C=O) groups is 1. The largest absolute Gasteiger partial charge is 0.366 e. The van der Waals surface area contributed by atoms with Gasteiger partial charge in [-0.1, -0.05) is 0 Å². The molecule has 0 aliphatic rings. The standard InChI is InChI=1S/C7H7BrN2O/c1-4-2-3-10-6(8)5(4)7(9)11/h2-3H,1H3,(H2,9,11). The first-order valence-corrected chi connectivity index (χ1v) is 3.83. The molecule has 0 atom stereocenters. The van der Waals surface area contributed by atoms with E-state index in [1.165, 1.54) is 0 Å². The summed E-state index contributed by atoms with van der Waals surface area (Å²) in [6.45, 7) is 1.81. The summed E-state index contributed by atoms with van der Waals surface area (Å²) < 4.78 is 0.505. The van der Waals surface area contributed by atoms with Crippen molar-refractivity contribution in [3.63, 3.8) is 0 Å². The van der Waals surface area contributed by atoms with Crippen molar-refractivity contribution >= 4 is 21.8 Å². The van der Waals surface area contributed by atoms with Gasteiger partial charge >= 0.3 is 0 Å². The molecular formula is C7H7BrN2O. The molecule has 3 nitrogen and oxygen atoms in total. The van der Waals surface area contributed by atoms with Crippen LogP contribution in [0, 0.1) is 6.92 Å². The van der Waals surface area contributed by atoms with E-state index in [-0.39, 0.29) is 0 Å². The van der Waals surface area contributed by atoms with Crippen molar-refractivity contribution in [2.45, 2.75) is 6.92 Å². The van der Waals surface area contributed by atoms with Crippen molar-refractivity contribution in [1.82, 2.24) is 4.98 Å². The minimum Gasteiger partial charge on any atom is -0.366 e. The van der Waals surface area contributed by atoms with Gasteiger partial charge in [-0.15, -0.1) is 0 Å². The predicted molar refractivity (Wildman–Crippen MR) is 45.2 cm³/mol. The van der Waals surface area contributed by atoms with Crippen molar-refractivity contribution in [3.05, 3.63) is 28.0 Å². The van der Waals surface area contributed by atoms with Crippen LogP contribution in [0.25, 0.3) is 0 Å². The Morgan fingerprint density at radius 2 is 2.36 bits per heavy atom. The number of hydrogen-bond donors (Lipinski definition) is 1. The average molecular weight is 215 g/mol. The zero-order chi connectivity index (χ0) is 8.43. The number of pyridine rings is 1. The molecule has 11 heavy (non-hydrogen) atoms. The van der Waals surface area contributed by atoms with Gasteiger partial charge in [0.25, 0.3) is 5.91 Å². The van der Waals surface area contributed by atoms with Gasteiger partial charge in [0.15, 0.2) is 0 Å². The van der Waals surface area contributed by atoms with E-state index >= 15 is 0 Å². The van der Waals surface area contributed by atoms with Gasteiger partial charge in [-0.2, -0.15) is 0 Å². The number of rotatable bonds is 1. The Labute approximate surface area is 72.7 Å². The quantitative estimate of drug-likeness (QED) is 0.716. The van der Waals surface area contributed by atoms with Crippen LogP contribution in [0.1, 0.15) is 15.9 Å². The summed E-state index contributed by atoms with van der Waals surface area (Å²) in [5, 5.41) is 0. The van der Waals surface area contributed by atoms with Crippen LogP contribution in [0.2, 0.25) is 0 Å². The van der Waals surface area contributed by atoms with Crippen LogP contribution in [0.4, 0.5) is 0 Å². The summed E-state index contributed by atoms with van der Waals surface area (Å²) in [6.07, 6.45) is 1.62. The molecule has 58 valence electrons. The molecule has 0 unspecified atom stereocenters. The number of carbonyl (C=O) groups excluding carboxylic acids is 1. The van der Waals surface area contributed by atoms with Crippen molar-refractivity contribution < 1.29 is 4.79 Å². The molecule has 0 fully saturated rings. The molecule has 4 heteroatoms. The second-order valence-electron chi connectivity index (χ2n) is 2.16. The molecule has 0 aliphatic carbocycles. The fraction of sp³-hybridized carbons (Fsp3) is 0.143. The van der Waals surface area contributed by atoms with E-state index in [1.54, 1.807) is 12.3 Å². The maximum atomic E-state index is 10.8. The Balaban J connectivity index is 3.32. The number of aryl methyl sites for hydroxylation is 1. The third-order valence-electron chi connectivity index (χ3n) is 1.36. The van der Waals surface area contributed by atoms with E-state index in [9.17, 15) is 4.79 Å². The van der Waals surface area contributed by atoms with Gasteiger partial charge in [0.2, 0.25) is 0 Å². The fourth-order valence-corrected chi connectivity index (χ4v) is 1.45. The molecule has 0 aliphatic heterocycles. The van der Waals surface area contributed by atoms with E-state index in [1.807, 2.05) is 6.92 Å². The zero-order valence-corrected chi connectivity index (χ0v) is 7.55. The maximum absolute atomic E-state index is 10.8. The van der Waals surface area contributed by atoms with Crippen molar-refractivity contribution in [3.8, 4) is 0 Å². The molecule has 0 saturated carbocycles. The second kappa shape index (κ2) is 3.00. The van der Waals surface area contributed by atoms with Gasteiger partial charge in [0.1, 0.15) is 4.60 Å². The predicted octanol–water partition coefficient (Wildman–Crippen LogP) is 1.25. The number of aromatic nitrogens is 1. The number of nitrogens with two attached hydrogens (primary N) is 1. The van der Waals surface area contributed by atoms with E-state index in [2.05, 4.69) is 20.9 Å². The molecule has 1 amide bonds. The van der Waals surface area contributed by atoms with Crippen LogP contribution in [0.3, 0.4) is 0 Å². The van der Waals surface area contributed by atoms with Crippen LogP contribution < -0.4 is 5.73 Å². The minimum absolute atomic E-state index is 0.451. The normalized spacial score (nSPS) is 9.64. The highest BCUT2D eigenvalue weighted by Crippen LogP contribution is 2.15. The average Bonchev–Trinajstić information content (AvgIpc) is 1.85. The summed E-state index contributed by atoms with van der Waals surface area (Å²) in [5.74, 6) is -0.456. The van der Waals surface area contributed by atoms with Gasteiger partial charge in [-0.25, -0.2) is 4.98 Å². The first kappa shape index (κ1) is 8.20. The summed E-state index contributed by atoms with van der Waals surface area (Å²) in [4.78, 5) is 14.7. The van der Waals surface area contributed by atoms with Crippen molar-refractivity contribution in [2.75, 3.05) is 0 Å². The van der Waals surface area contributed by atoms with Crippen molar-refractivity contribution in [2.24, 2.45) is 5.73 Å². The molecule has 0 saturated heterocycles.